The molecular formula is C13H16BrClFN. The van der Waals surface area contributed by atoms with E-state index >= 15 is 0 Å². The van der Waals surface area contributed by atoms with Crippen molar-refractivity contribution < 1.29 is 4.39 Å². The lowest BCUT2D eigenvalue weighted by atomic mass is 9.95. The van der Waals surface area contributed by atoms with Gasteiger partial charge in [0.15, 0.2) is 0 Å². The van der Waals surface area contributed by atoms with Gasteiger partial charge in [0.1, 0.15) is 5.82 Å². The number of halogens is 3. The fourth-order valence-electron chi connectivity index (χ4n) is 2.24. The van der Waals surface area contributed by atoms with Gasteiger partial charge in [0.25, 0.3) is 0 Å². The molecule has 0 amide bonds. The number of hydrogen-bond donors (Lipinski definition) is 1. The summed E-state index contributed by atoms with van der Waals surface area (Å²) in [6.07, 6.45) is 4.63. The summed E-state index contributed by atoms with van der Waals surface area (Å²) in [5, 5.41) is 3.63. The zero-order valence-corrected chi connectivity index (χ0v) is 11.9. The first-order valence-electron chi connectivity index (χ1n) is 5.99. The van der Waals surface area contributed by atoms with Gasteiger partial charge in [0, 0.05) is 18.0 Å². The summed E-state index contributed by atoms with van der Waals surface area (Å²) in [7, 11) is 0. The van der Waals surface area contributed by atoms with Crippen LogP contribution in [0.2, 0.25) is 0 Å². The van der Waals surface area contributed by atoms with Gasteiger partial charge in [-0.25, -0.2) is 4.39 Å². The monoisotopic (exact) mass is 319 g/mol. The lowest BCUT2D eigenvalue weighted by molar-refractivity contribution is 0.378. The molecule has 4 heteroatoms. The minimum absolute atomic E-state index is 0.205. The topological polar surface area (TPSA) is 12.0 Å². The van der Waals surface area contributed by atoms with Crippen molar-refractivity contribution in [3.63, 3.8) is 0 Å². The van der Waals surface area contributed by atoms with Gasteiger partial charge in [-0.1, -0.05) is 25.0 Å². The Labute approximate surface area is 115 Å². The molecule has 0 heterocycles. The predicted molar refractivity (Wildman–Crippen MR) is 72.8 cm³/mol. The van der Waals surface area contributed by atoms with E-state index in [9.17, 15) is 4.39 Å². The summed E-state index contributed by atoms with van der Waals surface area (Å²) >= 11 is 9.54. The van der Waals surface area contributed by atoms with Gasteiger partial charge in [-0.15, -0.1) is 11.6 Å². The number of nitrogens with one attached hydrogen (secondary N) is 1. The lowest BCUT2D eigenvalue weighted by Gasteiger charge is -2.28. The van der Waals surface area contributed by atoms with Crippen LogP contribution in [0, 0.1) is 5.82 Å². The third-order valence-corrected chi connectivity index (χ3v) is 4.68. The Morgan fingerprint density at radius 2 is 2.12 bits per heavy atom. The number of benzene rings is 1. The maximum atomic E-state index is 13.3. The van der Waals surface area contributed by atoms with Crippen molar-refractivity contribution in [2.75, 3.05) is 0 Å². The first kappa shape index (κ1) is 13.3. The van der Waals surface area contributed by atoms with Crippen molar-refractivity contribution in [2.24, 2.45) is 0 Å². The molecule has 94 valence electrons. The van der Waals surface area contributed by atoms with E-state index in [1.165, 1.54) is 18.9 Å². The fourth-order valence-corrected chi connectivity index (χ4v) is 3.02. The minimum atomic E-state index is -0.213. The molecule has 2 rings (SSSR count). The molecule has 1 saturated carbocycles. The summed E-state index contributed by atoms with van der Waals surface area (Å²) in [6.45, 7) is 0.659. The van der Waals surface area contributed by atoms with E-state index < -0.39 is 0 Å². The Kier molecular flexibility index (Phi) is 4.83. The quantitative estimate of drug-likeness (QED) is 0.822. The standard InChI is InChI=1S/C13H16BrClFN/c14-13-9(4-3-6-11(13)16)8-17-12-7-2-1-5-10(12)15/h3-4,6,10,12,17H,1-2,5,7-8H2. The van der Waals surface area contributed by atoms with Crippen molar-refractivity contribution in [3.8, 4) is 0 Å². The van der Waals surface area contributed by atoms with E-state index in [4.69, 9.17) is 11.6 Å². The highest BCUT2D eigenvalue weighted by atomic mass is 79.9. The summed E-state index contributed by atoms with van der Waals surface area (Å²) in [5.74, 6) is -0.213. The fraction of sp³-hybridized carbons (Fsp3) is 0.538. The number of rotatable bonds is 3. The average molecular weight is 321 g/mol. The van der Waals surface area contributed by atoms with Gasteiger partial charge in [-0.05, 0) is 40.4 Å². The third kappa shape index (κ3) is 3.43. The van der Waals surface area contributed by atoms with E-state index in [0.29, 0.717) is 17.1 Å². The van der Waals surface area contributed by atoms with E-state index in [1.807, 2.05) is 6.07 Å². The SMILES string of the molecule is Fc1cccc(CNC2CCCCC2Cl)c1Br. The van der Waals surface area contributed by atoms with Crippen LogP contribution >= 0.6 is 27.5 Å². The van der Waals surface area contributed by atoms with Crippen molar-refractivity contribution >= 4 is 27.5 Å². The molecule has 1 aliphatic carbocycles. The second-order valence-electron chi connectivity index (χ2n) is 4.50. The van der Waals surface area contributed by atoms with Crippen LogP contribution in [0.1, 0.15) is 31.2 Å². The molecule has 0 saturated heterocycles. The number of hydrogen-bond acceptors (Lipinski definition) is 1. The van der Waals surface area contributed by atoms with Gasteiger partial charge in [-0.3, -0.25) is 0 Å². The molecule has 17 heavy (non-hydrogen) atoms. The second kappa shape index (κ2) is 6.17. The van der Waals surface area contributed by atoms with Crippen molar-refractivity contribution in [1.82, 2.24) is 5.32 Å². The molecule has 1 fully saturated rings. The number of alkyl halides is 1. The van der Waals surface area contributed by atoms with Crippen LogP contribution < -0.4 is 5.32 Å². The molecule has 1 aromatic rings. The maximum Gasteiger partial charge on any atom is 0.137 e. The van der Waals surface area contributed by atoms with Crippen LogP contribution in [-0.4, -0.2) is 11.4 Å². The van der Waals surface area contributed by atoms with E-state index in [0.717, 1.165) is 18.4 Å². The molecule has 2 unspecified atom stereocenters. The summed E-state index contributed by atoms with van der Waals surface area (Å²) in [5.41, 5.74) is 0.944. The van der Waals surface area contributed by atoms with Crippen LogP contribution in [0.25, 0.3) is 0 Å². The molecule has 2 atom stereocenters. The second-order valence-corrected chi connectivity index (χ2v) is 5.85. The van der Waals surface area contributed by atoms with Crippen molar-refractivity contribution in [2.45, 2.75) is 43.6 Å². The highest BCUT2D eigenvalue weighted by molar-refractivity contribution is 9.10. The van der Waals surface area contributed by atoms with Gasteiger partial charge < -0.3 is 5.32 Å². The molecule has 1 aliphatic rings. The summed E-state index contributed by atoms with van der Waals surface area (Å²) in [6, 6.07) is 5.46. The molecule has 1 nitrogen and oxygen atoms in total. The first-order chi connectivity index (χ1) is 8.18. The van der Waals surface area contributed by atoms with Gasteiger partial charge in [-0.2, -0.15) is 0 Å². The van der Waals surface area contributed by atoms with E-state index in [1.54, 1.807) is 6.07 Å². The molecule has 1 N–H and O–H groups in total. The minimum Gasteiger partial charge on any atom is -0.308 e. The van der Waals surface area contributed by atoms with Crippen LogP contribution in [0.5, 0.6) is 0 Å². The van der Waals surface area contributed by atoms with E-state index in [-0.39, 0.29) is 11.2 Å². The van der Waals surface area contributed by atoms with Crippen LogP contribution in [0.3, 0.4) is 0 Å². The average Bonchev–Trinajstić information content (AvgIpc) is 2.33. The highest BCUT2D eigenvalue weighted by Crippen LogP contribution is 2.25. The molecule has 0 bridgehead atoms. The first-order valence-corrected chi connectivity index (χ1v) is 7.22. The molecule has 1 aromatic carbocycles. The summed E-state index contributed by atoms with van der Waals surface area (Å²) < 4.78 is 13.9. The Morgan fingerprint density at radius 3 is 2.88 bits per heavy atom. The lowest BCUT2D eigenvalue weighted by Crippen LogP contribution is -2.38. The normalized spacial score (nSPS) is 24.9. The van der Waals surface area contributed by atoms with E-state index in [2.05, 4.69) is 21.2 Å². The van der Waals surface area contributed by atoms with Crippen LogP contribution in [0.15, 0.2) is 22.7 Å². The van der Waals surface area contributed by atoms with Crippen LogP contribution in [0.4, 0.5) is 4.39 Å². The Balaban J connectivity index is 1.95. The molecule has 0 aromatic heterocycles. The molecule has 0 aliphatic heterocycles. The Hall–Kier alpha value is -0.120. The van der Waals surface area contributed by atoms with Gasteiger partial charge in [0.05, 0.1) is 4.47 Å². The zero-order chi connectivity index (χ0) is 12.3. The predicted octanol–water partition coefficient (Wildman–Crippen LogP) is 4.23. The zero-order valence-electron chi connectivity index (χ0n) is 9.56. The largest absolute Gasteiger partial charge is 0.308 e. The Bertz CT molecular complexity index is 386. The molecular weight excluding hydrogens is 305 g/mol. The summed E-state index contributed by atoms with van der Waals surface area (Å²) in [4.78, 5) is 0. The van der Waals surface area contributed by atoms with Gasteiger partial charge >= 0.3 is 0 Å². The Morgan fingerprint density at radius 1 is 1.35 bits per heavy atom. The highest BCUT2D eigenvalue weighted by Gasteiger charge is 2.22. The molecule has 0 radical (unpaired) electrons. The van der Waals surface area contributed by atoms with Crippen LogP contribution in [-0.2, 0) is 6.54 Å². The molecule has 0 spiro atoms. The van der Waals surface area contributed by atoms with Crippen molar-refractivity contribution in [1.29, 1.82) is 0 Å². The smallest absolute Gasteiger partial charge is 0.137 e. The third-order valence-electron chi connectivity index (χ3n) is 3.27. The van der Waals surface area contributed by atoms with Crippen molar-refractivity contribution in [3.05, 3.63) is 34.1 Å². The van der Waals surface area contributed by atoms with Gasteiger partial charge in [0.2, 0.25) is 0 Å². The maximum absolute atomic E-state index is 13.3.